The zero-order valence-electron chi connectivity index (χ0n) is 15.9. The first-order chi connectivity index (χ1) is 14.0. The van der Waals surface area contributed by atoms with Gasteiger partial charge in [0.05, 0.1) is 7.11 Å². The lowest BCUT2D eigenvalue weighted by Gasteiger charge is -2.09. The highest BCUT2D eigenvalue weighted by Crippen LogP contribution is 2.25. The third-order valence-corrected chi connectivity index (χ3v) is 4.53. The van der Waals surface area contributed by atoms with Crippen molar-refractivity contribution in [3.63, 3.8) is 0 Å². The van der Waals surface area contributed by atoms with Crippen LogP contribution in [-0.2, 0) is 4.79 Å². The zero-order valence-corrected chi connectivity index (χ0v) is 15.9. The maximum Gasteiger partial charge on any atom is 0.349 e. The minimum atomic E-state index is -0.543. The first-order valence-electron chi connectivity index (χ1n) is 8.97. The van der Waals surface area contributed by atoms with Gasteiger partial charge in [-0.15, -0.1) is 0 Å². The molecule has 6 heteroatoms. The molecule has 0 aliphatic rings. The van der Waals surface area contributed by atoms with Crippen LogP contribution in [0.4, 0.5) is 0 Å². The fourth-order valence-electron chi connectivity index (χ4n) is 3.09. The summed E-state index contributed by atoms with van der Waals surface area (Å²) in [6.07, 6.45) is 0. The van der Waals surface area contributed by atoms with Gasteiger partial charge in [-0.1, -0.05) is 12.1 Å². The fourth-order valence-corrected chi connectivity index (χ4v) is 3.09. The number of hydrogen-bond donors (Lipinski definition) is 0. The maximum absolute atomic E-state index is 12.2. The van der Waals surface area contributed by atoms with Gasteiger partial charge in [-0.25, -0.2) is 9.59 Å². The van der Waals surface area contributed by atoms with Crippen LogP contribution in [-0.4, -0.2) is 19.7 Å². The second kappa shape index (κ2) is 7.67. The van der Waals surface area contributed by atoms with Crippen LogP contribution in [0.25, 0.3) is 21.7 Å². The molecule has 0 aliphatic heterocycles. The third-order valence-electron chi connectivity index (χ3n) is 4.53. The van der Waals surface area contributed by atoms with Crippen LogP contribution in [0.5, 0.6) is 17.2 Å². The van der Waals surface area contributed by atoms with Crippen LogP contribution in [0.1, 0.15) is 5.56 Å². The average Bonchev–Trinajstić information content (AvgIpc) is 2.71. The Kier molecular flexibility index (Phi) is 4.91. The van der Waals surface area contributed by atoms with Gasteiger partial charge in [0.25, 0.3) is 0 Å². The molecule has 1 heterocycles. The molecule has 0 aliphatic carbocycles. The number of methoxy groups -OCH3 is 1. The van der Waals surface area contributed by atoms with Gasteiger partial charge in [0.15, 0.2) is 6.61 Å². The number of aryl methyl sites for hydroxylation is 1. The molecular formula is C23H18O6. The minimum absolute atomic E-state index is 0.280. The Hall–Kier alpha value is -3.80. The molecule has 0 N–H and O–H groups in total. The Bertz CT molecular complexity index is 1270. The van der Waals surface area contributed by atoms with E-state index in [9.17, 15) is 9.59 Å². The summed E-state index contributed by atoms with van der Waals surface area (Å²) in [7, 11) is 1.60. The van der Waals surface area contributed by atoms with E-state index in [4.69, 9.17) is 18.6 Å². The van der Waals surface area contributed by atoms with Crippen molar-refractivity contribution in [3.8, 4) is 17.2 Å². The molecule has 0 saturated carbocycles. The van der Waals surface area contributed by atoms with E-state index in [0.717, 1.165) is 27.5 Å². The molecule has 0 spiro atoms. The second-order valence-electron chi connectivity index (χ2n) is 6.54. The normalized spacial score (nSPS) is 10.8. The minimum Gasteiger partial charge on any atom is -0.497 e. The Morgan fingerprint density at radius 3 is 2.41 bits per heavy atom. The van der Waals surface area contributed by atoms with Crippen LogP contribution >= 0.6 is 0 Å². The van der Waals surface area contributed by atoms with Crippen LogP contribution in [0.3, 0.4) is 0 Å². The van der Waals surface area contributed by atoms with Gasteiger partial charge in [0.2, 0.25) is 0 Å². The van der Waals surface area contributed by atoms with Gasteiger partial charge >= 0.3 is 11.6 Å². The molecule has 4 aromatic rings. The van der Waals surface area contributed by atoms with Crippen molar-refractivity contribution < 1.29 is 23.4 Å². The quantitative estimate of drug-likeness (QED) is 0.288. The van der Waals surface area contributed by atoms with E-state index in [1.54, 1.807) is 37.4 Å². The van der Waals surface area contributed by atoms with Crippen molar-refractivity contribution in [1.82, 2.24) is 0 Å². The van der Waals surface area contributed by atoms with E-state index in [-0.39, 0.29) is 6.61 Å². The molecule has 0 fully saturated rings. The van der Waals surface area contributed by atoms with Gasteiger partial charge < -0.3 is 18.6 Å². The highest BCUT2D eigenvalue weighted by Gasteiger charge is 2.09. The smallest absolute Gasteiger partial charge is 0.349 e. The molecule has 0 amide bonds. The summed E-state index contributed by atoms with van der Waals surface area (Å²) in [5.74, 6) is 1.01. The first-order valence-corrected chi connectivity index (χ1v) is 8.97. The predicted molar refractivity (Wildman–Crippen MR) is 109 cm³/mol. The molecule has 4 rings (SSSR count). The Morgan fingerprint density at radius 2 is 1.62 bits per heavy atom. The molecule has 6 nitrogen and oxygen atoms in total. The molecule has 0 atom stereocenters. The van der Waals surface area contributed by atoms with Crippen molar-refractivity contribution in [2.45, 2.75) is 6.92 Å². The summed E-state index contributed by atoms with van der Waals surface area (Å²) < 4.78 is 21.3. The topological polar surface area (TPSA) is 75.0 Å². The Morgan fingerprint density at radius 1 is 0.897 bits per heavy atom. The lowest BCUT2D eigenvalue weighted by Crippen LogP contribution is -2.17. The molecule has 0 radical (unpaired) electrons. The highest BCUT2D eigenvalue weighted by atomic mass is 16.6. The van der Waals surface area contributed by atoms with Crippen molar-refractivity contribution in [2.24, 2.45) is 0 Å². The molecule has 0 saturated heterocycles. The molecule has 29 heavy (non-hydrogen) atoms. The van der Waals surface area contributed by atoms with E-state index >= 15 is 0 Å². The number of carbonyl (C=O) groups is 1. The number of ether oxygens (including phenoxy) is 3. The number of hydrogen-bond acceptors (Lipinski definition) is 6. The molecule has 0 unspecified atom stereocenters. The van der Waals surface area contributed by atoms with Crippen LogP contribution in [0, 0.1) is 6.92 Å². The monoisotopic (exact) mass is 390 g/mol. The Labute approximate surface area is 166 Å². The van der Waals surface area contributed by atoms with Crippen LogP contribution < -0.4 is 19.8 Å². The summed E-state index contributed by atoms with van der Waals surface area (Å²) in [5, 5.41) is 2.72. The summed E-state index contributed by atoms with van der Waals surface area (Å²) in [6.45, 7) is 1.55. The largest absolute Gasteiger partial charge is 0.497 e. The average molecular weight is 390 g/mol. The summed E-state index contributed by atoms with van der Waals surface area (Å²) in [6, 6.07) is 17.5. The Balaban J connectivity index is 1.45. The van der Waals surface area contributed by atoms with Crippen LogP contribution in [0.15, 0.2) is 69.9 Å². The first kappa shape index (κ1) is 18.6. The highest BCUT2D eigenvalue weighted by molar-refractivity contribution is 5.86. The molecule has 3 aromatic carbocycles. The van der Waals surface area contributed by atoms with Gasteiger partial charge in [0.1, 0.15) is 22.8 Å². The number of carbonyl (C=O) groups excluding carboxylic acids is 1. The van der Waals surface area contributed by atoms with Gasteiger partial charge in [-0.3, -0.25) is 0 Å². The maximum atomic E-state index is 12.2. The fraction of sp³-hybridized carbons (Fsp3) is 0.130. The van der Waals surface area contributed by atoms with Crippen molar-refractivity contribution in [3.05, 3.63) is 76.6 Å². The summed E-state index contributed by atoms with van der Waals surface area (Å²) in [5.41, 5.74) is 0.791. The van der Waals surface area contributed by atoms with E-state index in [0.29, 0.717) is 17.1 Å². The molecule has 0 bridgehead atoms. The van der Waals surface area contributed by atoms with Crippen molar-refractivity contribution in [1.29, 1.82) is 0 Å². The van der Waals surface area contributed by atoms with E-state index < -0.39 is 11.6 Å². The number of benzene rings is 3. The standard InChI is InChI=1S/C23H18O6/c1-14-9-22(24)29-21-12-18(7-8-20(14)21)27-13-23(25)28-19-6-4-15-3-5-17(26-2)10-16(15)11-19/h3-12H,13H2,1-2H3. The molecule has 146 valence electrons. The molecular weight excluding hydrogens is 372 g/mol. The van der Waals surface area contributed by atoms with E-state index in [2.05, 4.69) is 0 Å². The van der Waals surface area contributed by atoms with E-state index in [1.807, 2.05) is 31.2 Å². The van der Waals surface area contributed by atoms with Crippen molar-refractivity contribution >= 4 is 27.7 Å². The summed E-state index contributed by atoms with van der Waals surface area (Å²) in [4.78, 5) is 23.7. The lowest BCUT2D eigenvalue weighted by atomic mass is 10.1. The second-order valence-corrected chi connectivity index (χ2v) is 6.54. The van der Waals surface area contributed by atoms with Gasteiger partial charge in [-0.05, 0) is 59.7 Å². The number of rotatable bonds is 5. The molecule has 1 aromatic heterocycles. The zero-order chi connectivity index (χ0) is 20.4. The number of esters is 1. The predicted octanol–water partition coefficient (Wildman–Crippen LogP) is 4.25. The van der Waals surface area contributed by atoms with Gasteiger partial charge in [-0.2, -0.15) is 0 Å². The number of fused-ring (bicyclic) bond motifs is 2. The van der Waals surface area contributed by atoms with Crippen LogP contribution in [0.2, 0.25) is 0 Å². The summed E-state index contributed by atoms with van der Waals surface area (Å²) >= 11 is 0. The van der Waals surface area contributed by atoms with Gasteiger partial charge in [0, 0.05) is 17.5 Å². The van der Waals surface area contributed by atoms with E-state index in [1.165, 1.54) is 6.07 Å². The lowest BCUT2D eigenvalue weighted by molar-refractivity contribution is -0.136. The SMILES string of the molecule is COc1ccc2ccc(OC(=O)COc3ccc4c(C)cc(=O)oc4c3)cc2c1. The third kappa shape index (κ3) is 4.06. The van der Waals surface area contributed by atoms with Crippen molar-refractivity contribution in [2.75, 3.05) is 13.7 Å².